The largest absolute Gasteiger partial charge is 0.455 e. The van der Waals surface area contributed by atoms with Crippen molar-refractivity contribution in [3.63, 3.8) is 0 Å². The van der Waals surface area contributed by atoms with Gasteiger partial charge in [0.2, 0.25) is 0 Å². The average molecular weight is 501 g/mol. The van der Waals surface area contributed by atoms with Gasteiger partial charge in [-0.2, -0.15) is 0 Å². The molecular formula is C24H25BrN2O3S. The summed E-state index contributed by atoms with van der Waals surface area (Å²) < 4.78 is 19.3. The van der Waals surface area contributed by atoms with E-state index in [9.17, 15) is 9.00 Å². The first kappa shape index (κ1) is 21.8. The number of aryl methyl sites for hydroxylation is 1. The van der Waals surface area contributed by atoms with Gasteiger partial charge in [-0.25, -0.2) is 0 Å². The molecular weight excluding hydrogens is 476 g/mol. The zero-order valence-electron chi connectivity index (χ0n) is 17.6. The second-order valence-corrected chi connectivity index (χ2v) is 10.2. The number of hydrogen-bond acceptors (Lipinski definition) is 4. The molecule has 7 heteroatoms. The third-order valence-electron chi connectivity index (χ3n) is 5.47. The Kier molecular flexibility index (Phi) is 6.62. The van der Waals surface area contributed by atoms with Gasteiger partial charge in [0.1, 0.15) is 5.76 Å². The number of carbonyl (C=O) groups excluding carboxylic acids is 1. The number of carbonyl (C=O) groups is 1. The molecule has 31 heavy (non-hydrogen) atoms. The number of furan rings is 1. The van der Waals surface area contributed by atoms with E-state index in [2.05, 4.69) is 58.9 Å². The van der Waals surface area contributed by atoms with E-state index >= 15 is 0 Å². The van der Waals surface area contributed by atoms with Crippen molar-refractivity contribution >= 4 is 38.3 Å². The smallest absolute Gasteiger partial charge is 0.289 e. The Morgan fingerprint density at radius 2 is 1.90 bits per heavy atom. The van der Waals surface area contributed by atoms with Crippen LogP contribution >= 0.6 is 15.9 Å². The van der Waals surface area contributed by atoms with Crippen molar-refractivity contribution in [1.82, 2.24) is 4.90 Å². The first-order valence-corrected chi connectivity index (χ1v) is 12.4. The van der Waals surface area contributed by atoms with Crippen LogP contribution in [0, 0.1) is 6.92 Å². The lowest BCUT2D eigenvalue weighted by Crippen LogP contribution is -2.53. The van der Waals surface area contributed by atoms with Crippen LogP contribution in [-0.4, -0.2) is 40.7 Å². The Bertz CT molecular complexity index is 1100. The van der Waals surface area contributed by atoms with Gasteiger partial charge in [0.15, 0.2) is 5.76 Å². The number of anilines is 1. The summed E-state index contributed by atoms with van der Waals surface area (Å²) in [5.74, 6) is 0.985. The summed E-state index contributed by atoms with van der Waals surface area (Å²) in [6.07, 6.45) is 0. The van der Waals surface area contributed by atoms with Gasteiger partial charge < -0.3 is 14.2 Å². The summed E-state index contributed by atoms with van der Waals surface area (Å²) in [7, 11) is -1.23. The third kappa shape index (κ3) is 5.10. The van der Waals surface area contributed by atoms with Crippen molar-refractivity contribution in [2.24, 2.45) is 0 Å². The van der Waals surface area contributed by atoms with Gasteiger partial charge in [-0.15, -0.1) is 0 Å². The van der Waals surface area contributed by atoms with Crippen LogP contribution in [0.1, 0.15) is 28.8 Å². The molecule has 1 aromatic heterocycles. The molecule has 162 valence electrons. The average Bonchev–Trinajstić information content (AvgIpc) is 3.22. The minimum Gasteiger partial charge on any atom is -0.455 e. The predicted molar refractivity (Wildman–Crippen MR) is 127 cm³/mol. The van der Waals surface area contributed by atoms with Crippen molar-refractivity contribution in [2.45, 2.75) is 30.5 Å². The summed E-state index contributed by atoms with van der Waals surface area (Å²) in [6, 6.07) is 19.5. The molecule has 0 radical (unpaired) electrons. The highest BCUT2D eigenvalue weighted by atomic mass is 79.9. The van der Waals surface area contributed by atoms with Crippen LogP contribution < -0.4 is 4.90 Å². The van der Waals surface area contributed by atoms with Gasteiger partial charge in [-0.1, -0.05) is 28.1 Å². The summed E-state index contributed by atoms with van der Waals surface area (Å²) in [6.45, 7) is 6.27. The Labute approximate surface area is 193 Å². The number of hydrogen-bond donors (Lipinski definition) is 0. The number of nitrogens with zero attached hydrogens (tertiary/aromatic N) is 2. The summed E-state index contributed by atoms with van der Waals surface area (Å²) in [5.41, 5.74) is 2.42. The number of benzene rings is 2. The first-order valence-electron chi connectivity index (χ1n) is 10.3. The van der Waals surface area contributed by atoms with E-state index in [1.807, 2.05) is 29.2 Å². The molecule has 1 aliphatic rings. The fraction of sp³-hybridized carbons (Fsp3) is 0.292. The van der Waals surface area contributed by atoms with E-state index in [0.29, 0.717) is 24.6 Å². The van der Waals surface area contributed by atoms with Crippen LogP contribution in [0.5, 0.6) is 0 Å². The van der Waals surface area contributed by atoms with Crippen LogP contribution in [-0.2, 0) is 16.6 Å². The normalized spacial score (nSPS) is 17.6. The number of piperazine rings is 1. The SMILES string of the molecule is Cc1cccc(N2CCN(C(=O)c3ccc(C[S@@](=O)c4ccc(Br)cc4)o3)C[C@H]2C)c1. The molecule has 4 rings (SSSR count). The predicted octanol–water partition coefficient (Wildman–Crippen LogP) is 5.01. The quantitative estimate of drug-likeness (QED) is 0.494. The fourth-order valence-corrected chi connectivity index (χ4v) is 5.14. The van der Waals surface area contributed by atoms with Gasteiger partial charge in [-0.3, -0.25) is 9.00 Å². The maximum absolute atomic E-state index is 13.0. The molecule has 0 saturated carbocycles. The summed E-state index contributed by atoms with van der Waals surface area (Å²) in [4.78, 5) is 17.9. The van der Waals surface area contributed by atoms with Crippen molar-refractivity contribution in [3.05, 3.63) is 82.2 Å². The van der Waals surface area contributed by atoms with Crippen LogP contribution in [0.4, 0.5) is 5.69 Å². The molecule has 0 spiro atoms. The second-order valence-electron chi connectivity index (χ2n) is 7.84. The number of halogens is 1. The van der Waals surface area contributed by atoms with Crippen molar-refractivity contribution in [2.75, 3.05) is 24.5 Å². The lowest BCUT2D eigenvalue weighted by Gasteiger charge is -2.41. The van der Waals surface area contributed by atoms with Gasteiger partial charge in [0.25, 0.3) is 5.91 Å². The Morgan fingerprint density at radius 1 is 1.13 bits per heavy atom. The Morgan fingerprint density at radius 3 is 2.61 bits per heavy atom. The summed E-state index contributed by atoms with van der Waals surface area (Å²) >= 11 is 3.38. The topological polar surface area (TPSA) is 53.8 Å². The van der Waals surface area contributed by atoms with E-state index in [1.54, 1.807) is 12.1 Å². The van der Waals surface area contributed by atoms with Crippen LogP contribution in [0.25, 0.3) is 0 Å². The summed E-state index contributed by atoms with van der Waals surface area (Å²) in [5, 5.41) is 0. The van der Waals surface area contributed by atoms with E-state index in [-0.39, 0.29) is 17.7 Å². The molecule has 0 aliphatic carbocycles. The zero-order chi connectivity index (χ0) is 22.0. The standard InChI is InChI=1S/C24H25BrN2O3S/c1-17-4-3-5-20(14-17)27-13-12-26(15-18(27)2)24(28)23-11-8-21(30-23)16-31(29)22-9-6-19(25)7-10-22/h3-11,14,18H,12-13,15-16H2,1-2H3/t18-,31-/m1/s1. The molecule has 0 unspecified atom stereocenters. The van der Waals surface area contributed by atoms with E-state index < -0.39 is 10.8 Å². The van der Waals surface area contributed by atoms with Gasteiger partial charge >= 0.3 is 0 Å². The molecule has 0 bridgehead atoms. The Hall–Kier alpha value is -2.38. The van der Waals surface area contributed by atoms with Crippen LogP contribution in [0.2, 0.25) is 0 Å². The molecule has 1 fully saturated rings. The molecule has 0 N–H and O–H groups in total. The van der Waals surface area contributed by atoms with Crippen LogP contribution in [0.3, 0.4) is 0 Å². The lowest BCUT2D eigenvalue weighted by molar-refractivity contribution is 0.0692. The lowest BCUT2D eigenvalue weighted by atomic mass is 10.1. The van der Waals surface area contributed by atoms with E-state index in [1.165, 1.54) is 11.3 Å². The van der Waals surface area contributed by atoms with Crippen LogP contribution in [0.15, 0.2) is 74.4 Å². The first-order chi connectivity index (χ1) is 14.9. The maximum atomic E-state index is 13.0. The molecule has 2 heterocycles. The zero-order valence-corrected chi connectivity index (χ0v) is 20.0. The molecule has 1 aliphatic heterocycles. The molecule has 5 nitrogen and oxygen atoms in total. The molecule has 1 amide bonds. The molecule has 3 aromatic rings. The van der Waals surface area contributed by atoms with Crippen molar-refractivity contribution in [3.8, 4) is 0 Å². The van der Waals surface area contributed by atoms with Crippen molar-refractivity contribution < 1.29 is 13.4 Å². The Balaban J connectivity index is 1.39. The molecule has 2 aromatic carbocycles. The van der Waals surface area contributed by atoms with Gasteiger partial charge in [-0.05, 0) is 67.9 Å². The molecule has 1 saturated heterocycles. The number of rotatable bonds is 5. The monoisotopic (exact) mass is 500 g/mol. The van der Waals surface area contributed by atoms with Crippen molar-refractivity contribution in [1.29, 1.82) is 0 Å². The van der Waals surface area contributed by atoms with Gasteiger partial charge in [0.05, 0.1) is 16.6 Å². The maximum Gasteiger partial charge on any atom is 0.289 e. The highest BCUT2D eigenvalue weighted by Gasteiger charge is 2.29. The molecule has 2 atom stereocenters. The van der Waals surface area contributed by atoms with E-state index in [4.69, 9.17) is 4.42 Å². The highest BCUT2D eigenvalue weighted by Crippen LogP contribution is 2.23. The number of amides is 1. The minimum atomic E-state index is -1.23. The third-order valence-corrected chi connectivity index (χ3v) is 7.34. The minimum absolute atomic E-state index is 0.114. The van der Waals surface area contributed by atoms with E-state index in [0.717, 1.165) is 15.9 Å². The second kappa shape index (κ2) is 9.40. The van der Waals surface area contributed by atoms with Gasteiger partial charge in [0, 0.05) is 40.7 Å². The highest BCUT2D eigenvalue weighted by molar-refractivity contribution is 9.10. The fourth-order valence-electron chi connectivity index (χ4n) is 3.86.